The maximum Gasteiger partial charge on any atom is 0.250 e. The molecule has 0 saturated carbocycles. The molecule has 0 aliphatic rings. The zero-order valence-corrected chi connectivity index (χ0v) is 20.5. The quantitative estimate of drug-likeness (QED) is 0.202. The van der Waals surface area contributed by atoms with E-state index in [0.29, 0.717) is 29.4 Å². The first kappa shape index (κ1) is 24.2. The smallest absolute Gasteiger partial charge is 0.250 e. The summed E-state index contributed by atoms with van der Waals surface area (Å²) >= 11 is 1.37. The fourth-order valence-corrected chi connectivity index (χ4v) is 4.41. The summed E-state index contributed by atoms with van der Waals surface area (Å²) in [6.45, 7) is 0.671. The minimum Gasteiger partial charge on any atom is -0.493 e. The molecule has 1 amide bonds. The largest absolute Gasteiger partial charge is 0.493 e. The van der Waals surface area contributed by atoms with Crippen LogP contribution in [0.5, 0.6) is 17.2 Å². The molecule has 0 unspecified atom stereocenters. The molecule has 4 rings (SSSR count). The number of nitrogens with one attached hydrogen (secondary N) is 1. The van der Waals surface area contributed by atoms with E-state index < -0.39 is 0 Å². The van der Waals surface area contributed by atoms with Gasteiger partial charge in [0, 0.05) is 5.56 Å². The van der Waals surface area contributed by atoms with Gasteiger partial charge in [0.15, 0.2) is 16.7 Å². The molecule has 1 N–H and O–H groups in total. The van der Waals surface area contributed by atoms with E-state index in [4.69, 9.17) is 19.2 Å². The predicted octanol–water partition coefficient (Wildman–Crippen LogP) is 4.35. The molecule has 4 aromatic rings. The standard InChI is InChI=1S/C26H26N4O4S/c1-32-22-13-19(14-23(33-2)25(22)34-3)15-27-29-24(31)17-35-26-28-20-11-7-8-12-21(20)30(26)16-18-9-5-4-6-10-18/h4-15H,16-17H2,1-3H3,(H,29,31)/b27-15-. The van der Waals surface area contributed by atoms with E-state index in [-0.39, 0.29) is 11.7 Å². The number of thioether (sulfide) groups is 1. The van der Waals surface area contributed by atoms with Crippen LogP contribution in [0, 0.1) is 0 Å². The van der Waals surface area contributed by atoms with Crippen LogP contribution in [0.1, 0.15) is 11.1 Å². The second kappa shape index (κ2) is 11.4. The van der Waals surface area contributed by atoms with Crippen molar-refractivity contribution in [3.63, 3.8) is 0 Å². The van der Waals surface area contributed by atoms with Crippen molar-refractivity contribution in [2.45, 2.75) is 11.7 Å². The minimum absolute atomic E-state index is 0.171. The van der Waals surface area contributed by atoms with Gasteiger partial charge in [-0.3, -0.25) is 4.79 Å². The van der Waals surface area contributed by atoms with Gasteiger partial charge in [0.25, 0.3) is 5.91 Å². The van der Waals surface area contributed by atoms with Gasteiger partial charge >= 0.3 is 0 Å². The topological polar surface area (TPSA) is 87.0 Å². The average molecular weight is 491 g/mol. The van der Waals surface area contributed by atoms with Crippen molar-refractivity contribution >= 4 is 34.9 Å². The van der Waals surface area contributed by atoms with E-state index in [0.717, 1.165) is 21.8 Å². The van der Waals surface area contributed by atoms with Crippen LogP contribution in [0.2, 0.25) is 0 Å². The summed E-state index contributed by atoms with van der Waals surface area (Å²) in [6.07, 6.45) is 1.53. The van der Waals surface area contributed by atoms with Gasteiger partial charge in [0.05, 0.1) is 50.9 Å². The molecule has 3 aromatic carbocycles. The molecule has 0 fully saturated rings. The molecule has 1 heterocycles. The highest BCUT2D eigenvalue weighted by molar-refractivity contribution is 7.99. The van der Waals surface area contributed by atoms with Crippen LogP contribution in [0.3, 0.4) is 0 Å². The SMILES string of the molecule is COc1cc(/C=N\NC(=O)CSc2nc3ccccc3n2Cc2ccccc2)cc(OC)c1OC. The molecular formula is C26H26N4O4S. The van der Waals surface area contributed by atoms with Crippen LogP contribution in [0.15, 0.2) is 77.0 Å². The summed E-state index contributed by atoms with van der Waals surface area (Å²) in [5.41, 5.74) is 6.35. The maximum atomic E-state index is 12.5. The molecule has 35 heavy (non-hydrogen) atoms. The van der Waals surface area contributed by atoms with Gasteiger partial charge in [-0.15, -0.1) is 0 Å². The van der Waals surface area contributed by atoms with Gasteiger partial charge in [-0.25, -0.2) is 10.4 Å². The molecule has 180 valence electrons. The Morgan fingerprint density at radius 1 is 1.00 bits per heavy atom. The van der Waals surface area contributed by atoms with Crippen molar-refractivity contribution in [1.82, 2.24) is 15.0 Å². The Morgan fingerprint density at radius 2 is 1.69 bits per heavy atom. The van der Waals surface area contributed by atoms with E-state index in [2.05, 4.69) is 27.2 Å². The summed E-state index contributed by atoms with van der Waals surface area (Å²) in [4.78, 5) is 17.2. The van der Waals surface area contributed by atoms with E-state index in [1.165, 1.54) is 18.0 Å². The Morgan fingerprint density at radius 3 is 2.37 bits per heavy atom. The third kappa shape index (κ3) is 5.75. The van der Waals surface area contributed by atoms with Crippen LogP contribution in [0.25, 0.3) is 11.0 Å². The number of hydrazone groups is 1. The number of nitrogens with zero attached hydrogens (tertiary/aromatic N) is 3. The lowest BCUT2D eigenvalue weighted by molar-refractivity contribution is -0.118. The first-order chi connectivity index (χ1) is 17.1. The highest BCUT2D eigenvalue weighted by atomic mass is 32.2. The Hall–Kier alpha value is -3.98. The van der Waals surface area contributed by atoms with Gasteiger partial charge < -0.3 is 18.8 Å². The highest BCUT2D eigenvalue weighted by Gasteiger charge is 2.14. The number of imidazole rings is 1. The molecule has 1 aromatic heterocycles. The van der Waals surface area contributed by atoms with Crippen molar-refractivity contribution in [1.29, 1.82) is 0 Å². The number of methoxy groups -OCH3 is 3. The number of ether oxygens (including phenoxy) is 3. The third-order valence-corrected chi connectivity index (χ3v) is 6.20. The summed E-state index contributed by atoms with van der Waals surface area (Å²) < 4.78 is 18.1. The van der Waals surface area contributed by atoms with Gasteiger partial charge in [-0.05, 0) is 29.8 Å². The molecule has 0 atom stereocenters. The number of hydrogen-bond donors (Lipinski definition) is 1. The molecule has 8 nitrogen and oxygen atoms in total. The summed E-state index contributed by atoms with van der Waals surface area (Å²) in [7, 11) is 4.63. The number of fused-ring (bicyclic) bond motifs is 1. The van der Waals surface area contributed by atoms with Crippen LogP contribution < -0.4 is 19.6 Å². The summed E-state index contributed by atoms with van der Waals surface area (Å²) in [6, 6.07) is 21.6. The minimum atomic E-state index is -0.239. The molecule has 9 heteroatoms. The van der Waals surface area contributed by atoms with Gasteiger partial charge in [-0.1, -0.05) is 54.2 Å². The predicted molar refractivity (Wildman–Crippen MR) is 138 cm³/mol. The average Bonchev–Trinajstić information content (AvgIpc) is 3.24. The molecule has 0 aliphatic heterocycles. The van der Waals surface area contributed by atoms with E-state index in [9.17, 15) is 4.79 Å². The summed E-state index contributed by atoms with van der Waals surface area (Å²) in [5.74, 6) is 1.44. The third-order valence-electron chi connectivity index (χ3n) is 5.23. The van der Waals surface area contributed by atoms with Crippen molar-refractivity contribution in [2.24, 2.45) is 5.10 Å². The first-order valence-corrected chi connectivity index (χ1v) is 11.9. The number of para-hydroxylation sites is 2. The number of carbonyl (C=O) groups excluding carboxylic acids is 1. The molecule has 0 radical (unpaired) electrons. The number of carbonyl (C=O) groups is 1. The van der Waals surface area contributed by atoms with Crippen LogP contribution >= 0.6 is 11.8 Å². The number of benzene rings is 3. The van der Waals surface area contributed by atoms with Crippen molar-refractivity contribution in [3.8, 4) is 17.2 Å². The number of aromatic nitrogens is 2. The Bertz CT molecular complexity index is 1310. The van der Waals surface area contributed by atoms with Gasteiger partial charge in [0.2, 0.25) is 5.75 Å². The van der Waals surface area contributed by atoms with E-state index in [1.807, 2.05) is 42.5 Å². The van der Waals surface area contributed by atoms with Gasteiger partial charge in [-0.2, -0.15) is 5.10 Å². The fraction of sp³-hybridized carbons (Fsp3) is 0.192. The lowest BCUT2D eigenvalue weighted by Crippen LogP contribution is -2.20. The van der Waals surface area contributed by atoms with Crippen LogP contribution in [-0.2, 0) is 11.3 Å². The lowest BCUT2D eigenvalue weighted by atomic mass is 10.2. The molecular weight excluding hydrogens is 464 g/mol. The zero-order valence-electron chi connectivity index (χ0n) is 19.7. The first-order valence-electron chi connectivity index (χ1n) is 10.9. The fourth-order valence-electron chi connectivity index (χ4n) is 3.60. The Kier molecular flexibility index (Phi) is 7.89. The van der Waals surface area contributed by atoms with Crippen molar-refractivity contribution < 1.29 is 19.0 Å². The second-order valence-corrected chi connectivity index (χ2v) is 8.44. The van der Waals surface area contributed by atoms with E-state index >= 15 is 0 Å². The molecule has 0 spiro atoms. The molecule has 0 aliphatic carbocycles. The summed E-state index contributed by atoms with van der Waals surface area (Å²) in [5, 5.41) is 4.85. The normalized spacial score (nSPS) is 11.1. The van der Waals surface area contributed by atoms with Crippen molar-refractivity contribution in [2.75, 3.05) is 27.1 Å². The number of hydrogen-bond acceptors (Lipinski definition) is 7. The molecule has 0 saturated heterocycles. The second-order valence-electron chi connectivity index (χ2n) is 7.50. The Balaban J connectivity index is 1.43. The maximum absolute atomic E-state index is 12.5. The zero-order chi connectivity index (χ0) is 24.6. The van der Waals surface area contributed by atoms with Gasteiger partial charge in [0.1, 0.15) is 0 Å². The van der Waals surface area contributed by atoms with Crippen molar-refractivity contribution in [3.05, 3.63) is 77.9 Å². The monoisotopic (exact) mass is 490 g/mol. The van der Waals surface area contributed by atoms with E-state index in [1.54, 1.807) is 33.5 Å². The van der Waals surface area contributed by atoms with Crippen LogP contribution in [-0.4, -0.2) is 48.8 Å². The molecule has 0 bridgehead atoms. The lowest BCUT2D eigenvalue weighted by Gasteiger charge is -2.12. The number of rotatable bonds is 10. The van der Waals surface area contributed by atoms with Crippen LogP contribution in [0.4, 0.5) is 0 Å². The number of amides is 1. The highest BCUT2D eigenvalue weighted by Crippen LogP contribution is 2.37. The Labute approximate surface area is 207 Å².